The molecule has 0 N–H and O–H groups in total. The van der Waals surface area contributed by atoms with Gasteiger partial charge in [0.2, 0.25) is 0 Å². The van der Waals surface area contributed by atoms with Crippen molar-refractivity contribution in [1.29, 1.82) is 0 Å². The number of hydrogen-bond donors (Lipinski definition) is 0. The third-order valence-corrected chi connectivity index (χ3v) is 4.48. The van der Waals surface area contributed by atoms with Crippen molar-refractivity contribution in [1.82, 2.24) is 19.9 Å². The number of carbonyl (C=O) groups is 1. The molecular formula is C22H24N4O2. The lowest BCUT2D eigenvalue weighted by atomic mass is 10.1. The van der Waals surface area contributed by atoms with Crippen molar-refractivity contribution in [2.45, 2.75) is 20.3 Å². The van der Waals surface area contributed by atoms with Gasteiger partial charge < -0.3 is 9.64 Å². The molecule has 3 rings (SSSR count). The minimum Gasteiger partial charge on any atom is -0.493 e. The van der Waals surface area contributed by atoms with Crippen LogP contribution in [0.1, 0.15) is 27.9 Å². The van der Waals surface area contributed by atoms with Crippen LogP contribution in [0.15, 0.2) is 55.1 Å². The molecule has 0 spiro atoms. The van der Waals surface area contributed by atoms with Gasteiger partial charge in [-0.05, 0) is 43.5 Å². The molecule has 0 unspecified atom stereocenters. The summed E-state index contributed by atoms with van der Waals surface area (Å²) in [5.74, 6) is 1.40. The molecule has 0 aliphatic heterocycles. The summed E-state index contributed by atoms with van der Waals surface area (Å²) in [6, 6.07) is 9.76. The molecular weight excluding hydrogens is 352 g/mol. The lowest BCUT2D eigenvalue weighted by molar-refractivity contribution is 0.0787. The monoisotopic (exact) mass is 376 g/mol. The van der Waals surface area contributed by atoms with Crippen LogP contribution in [0, 0.1) is 13.8 Å². The zero-order valence-corrected chi connectivity index (χ0v) is 16.4. The first-order chi connectivity index (χ1) is 13.6. The number of para-hydroxylation sites is 1. The van der Waals surface area contributed by atoms with E-state index in [4.69, 9.17) is 4.74 Å². The standard InChI is InChI=1S/C22H24N4O2/c1-16-6-4-7-17(2)20(16)28-13-5-12-26(3)22(27)19-14-24-21(25-15-19)18-8-10-23-11-9-18/h4,6-11,14-15H,5,12-13H2,1-3H3. The van der Waals surface area contributed by atoms with E-state index >= 15 is 0 Å². The van der Waals surface area contributed by atoms with E-state index in [-0.39, 0.29) is 5.91 Å². The number of aryl methyl sites for hydroxylation is 2. The molecule has 1 aromatic carbocycles. The summed E-state index contributed by atoms with van der Waals surface area (Å²) in [4.78, 5) is 26.8. The number of benzene rings is 1. The van der Waals surface area contributed by atoms with E-state index in [0.29, 0.717) is 24.5 Å². The lowest BCUT2D eigenvalue weighted by Crippen LogP contribution is -2.29. The summed E-state index contributed by atoms with van der Waals surface area (Å²) in [6.45, 7) is 5.22. The fraction of sp³-hybridized carbons (Fsp3) is 0.273. The number of rotatable bonds is 7. The maximum atomic E-state index is 12.6. The molecule has 0 aliphatic carbocycles. The molecule has 6 nitrogen and oxygen atoms in total. The molecule has 2 aromatic heterocycles. The largest absolute Gasteiger partial charge is 0.493 e. The number of aromatic nitrogens is 3. The first-order valence-corrected chi connectivity index (χ1v) is 9.23. The maximum absolute atomic E-state index is 12.6. The van der Waals surface area contributed by atoms with E-state index in [9.17, 15) is 4.79 Å². The van der Waals surface area contributed by atoms with E-state index in [0.717, 1.165) is 28.9 Å². The molecule has 28 heavy (non-hydrogen) atoms. The molecule has 0 saturated carbocycles. The smallest absolute Gasteiger partial charge is 0.256 e. The fourth-order valence-electron chi connectivity index (χ4n) is 2.91. The van der Waals surface area contributed by atoms with Crippen LogP contribution < -0.4 is 4.74 Å². The van der Waals surface area contributed by atoms with Crippen molar-refractivity contribution >= 4 is 5.91 Å². The van der Waals surface area contributed by atoms with Crippen LogP contribution in [0.3, 0.4) is 0 Å². The predicted molar refractivity (Wildman–Crippen MR) is 108 cm³/mol. The van der Waals surface area contributed by atoms with Gasteiger partial charge in [-0.3, -0.25) is 9.78 Å². The highest BCUT2D eigenvalue weighted by atomic mass is 16.5. The zero-order valence-electron chi connectivity index (χ0n) is 16.4. The van der Waals surface area contributed by atoms with Gasteiger partial charge in [0.25, 0.3) is 5.91 Å². The average Bonchev–Trinajstić information content (AvgIpc) is 2.73. The summed E-state index contributed by atoms with van der Waals surface area (Å²) in [5.41, 5.74) is 3.58. The Morgan fingerprint density at radius 3 is 2.32 bits per heavy atom. The second-order valence-electron chi connectivity index (χ2n) is 6.68. The molecule has 0 bridgehead atoms. The van der Waals surface area contributed by atoms with Crippen molar-refractivity contribution in [3.8, 4) is 17.1 Å². The first kappa shape index (κ1) is 19.5. The van der Waals surface area contributed by atoms with Crippen LogP contribution in [0.25, 0.3) is 11.4 Å². The second kappa shape index (κ2) is 9.08. The van der Waals surface area contributed by atoms with Gasteiger partial charge in [-0.15, -0.1) is 0 Å². The van der Waals surface area contributed by atoms with Gasteiger partial charge in [0.15, 0.2) is 5.82 Å². The molecule has 144 valence electrons. The Labute approximate surface area is 165 Å². The lowest BCUT2D eigenvalue weighted by Gasteiger charge is -2.18. The quantitative estimate of drug-likeness (QED) is 0.588. The molecule has 6 heteroatoms. The maximum Gasteiger partial charge on any atom is 0.256 e. The molecule has 0 fully saturated rings. The van der Waals surface area contributed by atoms with Gasteiger partial charge in [-0.1, -0.05) is 18.2 Å². The predicted octanol–water partition coefficient (Wildman–Crippen LogP) is 3.70. The minimum absolute atomic E-state index is 0.103. The van der Waals surface area contributed by atoms with Crippen LogP contribution in [-0.4, -0.2) is 46.0 Å². The van der Waals surface area contributed by atoms with Gasteiger partial charge >= 0.3 is 0 Å². The van der Waals surface area contributed by atoms with Gasteiger partial charge in [0, 0.05) is 43.9 Å². The normalized spacial score (nSPS) is 10.5. The highest BCUT2D eigenvalue weighted by molar-refractivity contribution is 5.93. The Morgan fingerprint density at radius 2 is 1.68 bits per heavy atom. The van der Waals surface area contributed by atoms with Crippen LogP contribution in [0.2, 0.25) is 0 Å². The summed E-state index contributed by atoms with van der Waals surface area (Å²) in [5, 5.41) is 0. The molecule has 0 atom stereocenters. The summed E-state index contributed by atoms with van der Waals surface area (Å²) in [7, 11) is 1.78. The number of carbonyl (C=O) groups excluding carboxylic acids is 1. The van der Waals surface area contributed by atoms with Crippen molar-refractivity contribution in [2.75, 3.05) is 20.2 Å². The number of amides is 1. The molecule has 1 amide bonds. The van der Waals surface area contributed by atoms with E-state index in [1.165, 1.54) is 0 Å². The van der Waals surface area contributed by atoms with Crippen molar-refractivity contribution < 1.29 is 9.53 Å². The fourth-order valence-corrected chi connectivity index (χ4v) is 2.91. The topological polar surface area (TPSA) is 68.2 Å². The summed E-state index contributed by atoms with van der Waals surface area (Å²) < 4.78 is 5.90. The molecule has 3 aromatic rings. The van der Waals surface area contributed by atoms with Gasteiger partial charge in [0.1, 0.15) is 5.75 Å². The highest BCUT2D eigenvalue weighted by Gasteiger charge is 2.13. The SMILES string of the molecule is Cc1cccc(C)c1OCCCN(C)C(=O)c1cnc(-c2ccncc2)nc1. The van der Waals surface area contributed by atoms with E-state index in [1.54, 1.807) is 36.7 Å². The Hall–Kier alpha value is -3.28. The van der Waals surface area contributed by atoms with Crippen LogP contribution in [0.5, 0.6) is 5.75 Å². The number of nitrogens with zero attached hydrogens (tertiary/aromatic N) is 4. The van der Waals surface area contributed by atoms with E-state index in [1.807, 2.05) is 44.2 Å². The van der Waals surface area contributed by atoms with Crippen molar-refractivity contribution in [3.05, 3.63) is 71.8 Å². The number of ether oxygens (including phenoxy) is 1. The third kappa shape index (κ3) is 4.71. The van der Waals surface area contributed by atoms with E-state index in [2.05, 4.69) is 15.0 Å². The van der Waals surface area contributed by atoms with E-state index < -0.39 is 0 Å². The average molecular weight is 376 g/mol. The van der Waals surface area contributed by atoms with Gasteiger partial charge in [0.05, 0.1) is 12.2 Å². The Bertz CT molecular complexity index is 907. The molecule has 0 aliphatic rings. The highest BCUT2D eigenvalue weighted by Crippen LogP contribution is 2.22. The van der Waals surface area contributed by atoms with Crippen molar-refractivity contribution in [3.63, 3.8) is 0 Å². The number of hydrogen-bond acceptors (Lipinski definition) is 5. The summed E-state index contributed by atoms with van der Waals surface area (Å²) in [6.07, 6.45) is 7.24. The summed E-state index contributed by atoms with van der Waals surface area (Å²) >= 11 is 0. The molecule has 0 saturated heterocycles. The number of pyridine rings is 1. The van der Waals surface area contributed by atoms with Crippen LogP contribution in [0.4, 0.5) is 0 Å². The van der Waals surface area contributed by atoms with Crippen LogP contribution in [-0.2, 0) is 0 Å². The first-order valence-electron chi connectivity index (χ1n) is 9.23. The minimum atomic E-state index is -0.103. The third-order valence-electron chi connectivity index (χ3n) is 4.48. The Balaban J connectivity index is 1.52. The second-order valence-corrected chi connectivity index (χ2v) is 6.68. The van der Waals surface area contributed by atoms with Gasteiger partial charge in [-0.25, -0.2) is 9.97 Å². The molecule has 2 heterocycles. The zero-order chi connectivity index (χ0) is 19.9. The van der Waals surface area contributed by atoms with Gasteiger partial charge in [-0.2, -0.15) is 0 Å². The Kier molecular flexibility index (Phi) is 6.32. The van der Waals surface area contributed by atoms with Crippen LogP contribution >= 0.6 is 0 Å². The Morgan fingerprint density at radius 1 is 1.04 bits per heavy atom. The molecule has 0 radical (unpaired) electrons. The van der Waals surface area contributed by atoms with Crippen molar-refractivity contribution in [2.24, 2.45) is 0 Å².